The summed E-state index contributed by atoms with van der Waals surface area (Å²) in [6.45, 7) is 1.87. The van der Waals surface area contributed by atoms with Gasteiger partial charge < -0.3 is 5.32 Å². The van der Waals surface area contributed by atoms with E-state index in [2.05, 4.69) is 5.32 Å². The molecule has 1 amide bonds. The molecule has 0 heterocycles. The van der Waals surface area contributed by atoms with Crippen molar-refractivity contribution in [3.63, 3.8) is 0 Å². The van der Waals surface area contributed by atoms with Crippen molar-refractivity contribution < 1.29 is 4.79 Å². The Kier molecular flexibility index (Phi) is 5.09. The second-order valence-corrected chi connectivity index (χ2v) is 3.84. The summed E-state index contributed by atoms with van der Waals surface area (Å²) in [5.41, 5.74) is 0.543. The van der Waals surface area contributed by atoms with Gasteiger partial charge in [-0.25, -0.2) is 0 Å². The first kappa shape index (κ1) is 12.8. The van der Waals surface area contributed by atoms with E-state index in [-0.39, 0.29) is 5.91 Å². The molecule has 0 aliphatic heterocycles. The van der Waals surface area contributed by atoms with E-state index in [1.54, 1.807) is 30.4 Å². The molecule has 1 aromatic carbocycles. The molecule has 0 aliphatic carbocycles. The van der Waals surface area contributed by atoms with Gasteiger partial charge >= 0.3 is 0 Å². The Morgan fingerprint density at radius 3 is 2.69 bits per heavy atom. The summed E-state index contributed by atoms with van der Waals surface area (Å²) in [5, 5.41) is 3.60. The van der Waals surface area contributed by atoms with Crippen LogP contribution in [0.4, 0.5) is 5.69 Å². The average molecular weight is 256 g/mol. The van der Waals surface area contributed by atoms with E-state index in [1.165, 1.54) is 6.08 Å². The quantitative estimate of drug-likeness (QED) is 0.641. The number of benzene rings is 1. The largest absolute Gasteiger partial charge is 0.321 e. The third kappa shape index (κ3) is 4.09. The van der Waals surface area contributed by atoms with Crippen LogP contribution >= 0.6 is 23.2 Å². The maximum absolute atomic E-state index is 11.4. The molecule has 16 heavy (non-hydrogen) atoms. The fourth-order valence-electron chi connectivity index (χ4n) is 1.02. The zero-order chi connectivity index (χ0) is 12.0. The highest BCUT2D eigenvalue weighted by Crippen LogP contribution is 2.25. The highest BCUT2D eigenvalue weighted by atomic mass is 35.5. The van der Waals surface area contributed by atoms with Gasteiger partial charge in [-0.1, -0.05) is 41.4 Å². The van der Waals surface area contributed by atoms with Crippen LogP contribution in [0.25, 0.3) is 0 Å². The number of allylic oxidation sites excluding steroid dienone is 3. The number of hydrogen-bond acceptors (Lipinski definition) is 1. The first-order chi connectivity index (χ1) is 7.63. The summed E-state index contributed by atoms with van der Waals surface area (Å²) < 4.78 is 0. The number of amides is 1. The molecule has 0 fully saturated rings. The highest BCUT2D eigenvalue weighted by Gasteiger charge is 2.02. The summed E-state index contributed by atoms with van der Waals surface area (Å²) in [7, 11) is 0. The van der Waals surface area contributed by atoms with Gasteiger partial charge in [0.15, 0.2) is 0 Å². The van der Waals surface area contributed by atoms with E-state index in [1.807, 2.05) is 13.0 Å². The van der Waals surface area contributed by atoms with Crippen LogP contribution in [0.3, 0.4) is 0 Å². The standard InChI is InChI=1S/C12H11Cl2NO/c1-2-3-4-5-12(16)15-11-7-6-9(13)8-10(11)14/h2-8H,1H3,(H,15,16)/b3-2+,5-4+. The van der Waals surface area contributed by atoms with Gasteiger partial charge in [-0.3, -0.25) is 4.79 Å². The Morgan fingerprint density at radius 2 is 2.06 bits per heavy atom. The smallest absolute Gasteiger partial charge is 0.248 e. The number of carbonyl (C=O) groups is 1. The molecule has 2 nitrogen and oxygen atoms in total. The fraction of sp³-hybridized carbons (Fsp3) is 0.0833. The molecular formula is C12H11Cl2NO. The molecule has 84 valence electrons. The molecule has 4 heteroatoms. The Labute approximate surface area is 105 Å². The third-order valence-electron chi connectivity index (χ3n) is 1.74. The van der Waals surface area contributed by atoms with Crippen LogP contribution in [0.5, 0.6) is 0 Å². The van der Waals surface area contributed by atoms with Crippen molar-refractivity contribution in [3.8, 4) is 0 Å². The lowest BCUT2D eigenvalue weighted by Gasteiger charge is -2.04. The van der Waals surface area contributed by atoms with Crippen LogP contribution < -0.4 is 5.32 Å². The Hall–Kier alpha value is -1.25. The van der Waals surface area contributed by atoms with E-state index in [4.69, 9.17) is 23.2 Å². The Bertz CT molecular complexity index is 439. The number of carbonyl (C=O) groups excluding carboxylic acids is 1. The number of anilines is 1. The van der Waals surface area contributed by atoms with Crippen molar-refractivity contribution >= 4 is 34.8 Å². The molecule has 0 aliphatic rings. The van der Waals surface area contributed by atoms with Gasteiger partial charge in [0.2, 0.25) is 5.91 Å². The lowest BCUT2D eigenvalue weighted by atomic mass is 10.3. The molecule has 0 spiro atoms. The zero-order valence-corrected chi connectivity index (χ0v) is 10.2. The Balaban J connectivity index is 2.70. The molecule has 0 aromatic heterocycles. The number of hydrogen-bond donors (Lipinski definition) is 1. The maximum Gasteiger partial charge on any atom is 0.248 e. The Morgan fingerprint density at radius 1 is 1.31 bits per heavy atom. The summed E-state index contributed by atoms with van der Waals surface area (Å²) >= 11 is 11.6. The maximum atomic E-state index is 11.4. The lowest BCUT2D eigenvalue weighted by Crippen LogP contribution is -2.07. The predicted molar refractivity (Wildman–Crippen MR) is 69.0 cm³/mol. The molecule has 0 radical (unpaired) electrons. The van der Waals surface area contributed by atoms with Crippen molar-refractivity contribution in [1.82, 2.24) is 0 Å². The molecular weight excluding hydrogens is 245 g/mol. The topological polar surface area (TPSA) is 29.1 Å². The van der Waals surface area contributed by atoms with E-state index in [0.717, 1.165) is 0 Å². The van der Waals surface area contributed by atoms with Crippen molar-refractivity contribution in [2.75, 3.05) is 5.32 Å². The highest BCUT2D eigenvalue weighted by molar-refractivity contribution is 6.36. The van der Waals surface area contributed by atoms with Crippen molar-refractivity contribution in [2.45, 2.75) is 6.92 Å². The van der Waals surface area contributed by atoms with Crippen LogP contribution in [0.15, 0.2) is 42.5 Å². The number of halogens is 2. The van der Waals surface area contributed by atoms with Crippen molar-refractivity contribution in [2.24, 2.45) is 0 Å². The fourth-order valence-corrected chi connectivity index (χ4v) is 1.48. The van der Waals surface area contributed by atoms with E-state index in [0.29, 0.717) is 15.7 Å². The minimum Gasteiger partial charge on any atom is -0.321 e. The minimum absolute atomic E-state index is 0.234. The summed E-state index contributed by atoms with van der Waals surface area (Å²) in [6.07, 6.45) is 6.67. The van der Waals surface area contributed by atoms with Crippen molar-refractivity contribution in [1.29, 1.82) is 0 Å². The van der Waals surface area contributed by atoms with E-state index >= 15 is 0 Å². The van der Waals surface area contributed by atoms with E-state index < -0.39 is 0 Å². The van der Waals surface area contributed by atoms with Crippen LogP contribution in [0.2, 0.25) is 10.0 Å². The number of rotatable bonds is 3. The predicted octanol–water partition coefficient (Wildman–Crippen LogP) is 4.06. The monoisotopic (exact) mass is 255 g/mol. The zero-order valence-electron chi connectivity index (χ0n) is 8.71. The van der Waals surface area contributed by atoms with Gasteiger partial charge in [0, 0.05) is 11.1 Å². The molecule has 1 N–H and O–H groups in total. The summed E-state index contributed by atoms with van der Waals surface area (Å²) in [4.78, 5) is 11.4. The second-order valence-electron chi connectivity index (χ2n) is 3.00. The van der Waals surface area contributed by atoms with Gasteiger partial charge in [-0.2, -0.15) is 0 Å². The molecule has 0 bridgehead atoms. The molecule has 0 saturated carbocycles. The first-order valence-electron chi connectivity index (χ1n) is 4.69. The van der Waals surface area contributed by atoms with Gasteiger partial charge in [-0.15, -0.1) is 0 Å². The second kappa shape index (κ2) is 6.36. The first-order valence-corrected chi connectivity index (χ1v) is 5.44. The van der Waals surface area contributed by atoms with Gasteiger partial charge in [0.1, 0.15) is 0 Å². The summed E-state index contributed by atoms with van der Waals surface area (Å²) in [5.74, 6) is -0.234. The third-order valence-corrected chi connectivity index (χ3v) is 2.29. The number of nitrogens with one attached hydrogen (secondary N) is 1. The molecule has 0 atom stereocenters. The van der Waals surface area contributed by atoms with Gasteiger partial charge in [0.05, 0.1) is 10.7 Å². The lowest BCUT2D eigenvalue weighted by molar-refractivity contribution is -0.111. The van der Waals surface area contributed by atoms with Crippen LogP contribution in [-0.2, 0) is 4.79 Å². The molecule has 1 aromatic rings. The van der Waals surface area contributed by atoms with Crippen LogP contribution in [0.1, 0.15) is 6.92 Å². The van der Waals surface area contributed by atoms with Crippen LogP contribution in [-0.4, -0.2) is 5.91 Å². The molecule has 1 rings (SSSR count). The summed E-state index contributed by atoms with van der Waals surface area (Å²) in [6, 6.07) is 4.90. The molecule has 0 saturated heterocycles. The van der Waals surface area contributed by atoms with Gasteiger partial charge in [-0.05, 0) is 25.1 Å². The normalized spacial score (nSPS) is 11.2. The SMILES string of the molecule is C/C=C/C=C/C(=O)Nc1ccc(Cl)cc1Cl. The van der Waals surface area contributed by atoms with Gasteiger partial charge in [0.25, 0.3) is 0 Å². The van der Waals surface area contributed by atoms with Crippen LogP contribution in [0, 0.1) is 0 Å². The van der Waals surface area contributed by atoms with Crippen molar-refractivity contribution in [3.05, 3.63) is 52.5 Å². The van der Waals surface area contributed by atoms with E-state index in [9.17, 15) is 4.79 Å². The average Bonchev–Trinajstić information content (AvgIpc) is 2.23. The minimum atomic E-state index is -0.234. The molecule has 0 unspecified atom stereocenters.